The van der Waals surface area contributed by atoms with E-state index in [2.05, 4.69) is 62.9 Å². The molecule has 0 spiro atoms. The summed E-state index contributed by atoms with van der Waals surface area (Å²) >= 11 is 6.75. The molecule has 0 bridgehead atoms. The second-order valence-corrected chi connectivity index (χ2v) is 9.04. The first-order valence-electron chi connectivity index (χ1n) is 10.4. The number of carbonyl (C=O) groups excluding carboxylic acids is 2. The quantitative estimate of drug-likeness (QED) is 0.203. The summed E-state index contributed by atoms with van der Waals surface area (Å²) in [5, 5.41) is 8.41. The Balaban J connectivity index is 2.02. The van der Waals surface area contributed by atoms with Crippen LogP contribution in [-0.4, -0.2) is 47.5 Å². The molecular formula is C24H26Br2N6O2. The number of hydrazone groups is 2. The zero-order chi connectivity index (χ0) is 25.1. The third kappa shape index (κ3) is 9.11. The lowest BCUT2D eigenvalue weighted by Gasteiger charge is -2.06. The van der Waals surface area contributed by atoms with E-state index in [0.29, 0.717) is 24.5 Å². The molecule has 0 saturated carbocycles. The van der Waals surface area contributed by atoms with Gasteiger partial charge in [-0.15, -0.1) is 0 Å². The molecule has 0 atom stereocenters. The predicted octanol–water partition coefficient (Wildman–Crippen LogP) is 5.55. The molecule has 2 aromatic carbocycles. The first-order valence-corrected chi connectivity index (χ1v) is 12.0. The summed E-state index contributed by atoms with van der Waals surface area (Å²) in [6, 6.07) is 14.9. The maximum atomic E-state index is 12.0. The maximum absolute atomic E-state index is 12.0. The van der Waals surface area contributed by atoms with Gasteiger partial charge in [-0.1, -0.05) is 31.9 Å². The van der Waals surface area contributed by atoms with E-state index in [-0.39, 0.29) is 23.0 Å². The molecule has 0 fully saturated rings. The van der Waals surface area contributed by atoms with Crippen LogP contribution in [-0.2, 0) is 9.59 Å². The van der Waals surface area contributed by atoms with Crippen LogP contribution in [0.3, 0.4) is 0 Å². The molecule has 0 aliphatic carbocycles. The average Bonchev–Trinajstić information content (AvgIpc) is 2.79. The largest absolute Gasteiger partial charge is 0.293 e. The lowest BCUT2D eigenvalue weighted by molar-refractivity contribution is -0.111. The van der Waals surface area contributed by atoms with Crippen molar-refractivity contribution in [2.24, 2.45) is 20.2 Å². The van der Waals surface area contributed by atoms with E-state index >= 15 is 0 Å². The van der Waals surface area contributed by atoms with E-state index in [1.165, 1.54) is 13.8 Å². The van der Waals surface area contributed by atoms with Gasteiger partial charge in [0, 0.05) is 22.8 Å². The minimum absolute atomic E-state index is 0.199. The van der Waals surface area contributed by atoms with Gasteiger partial charge in [0.25, 0.3) is 0 Å². The number of carbonyl (C=O) groups is 2. The van der Waals surface area contributed by atoms with Crippen molar-refractivity contribution < 1.29 is 9.59 Å². The number of ketones is 2. The predicted molar refractivity (Wildman–Crippen MR) is 148 cm³/mol. The second-order valence-electron chi connectivity index (χ2n) is 7.20. The van der Waals surface area contributed by atoms with Gasteiger partial charge in [-0.25, -0.2) is 0 Å². The van der Waals surface area contributed by atoms with Crippen molar-refractivity contribution in [3.63, 3.8) is 0 Å². The lowest BCUT2D eigenvalue weighted by Crippen LogP contribution is -2.22. The van der Waals surface area contributed by atoms with Crippen molar-refractivity contribution in [1.82, 2.24) is 0 Å². The summed E-state index contributed by atoms with van der Waals surface area (Å²) in [7, 11) is 0. The highest BCUT2D eigenvalue weighted by Gasteiger charge is 2.11. The van der Waals surface area contributed by atoms with Gasteiger partial charge in [0.1, 0.15) is 11.4 Å². The molecule has 2 aromatic rings. The van der Waals surface area contributed by atoms with E-state index in [0.717, 1.165) is 20.3 Å². The number of rotatable bonds is 11. The van der Waals surface area contributed by atoms with Crippen molar-refractivity contribution >= 4 is 77.6 Å². The summed E-state index contributed by atoms with van der Waals surface area (Å²) in [4.78, 5) is 32.9. The summed E-state index contributed by atoms with van der Waals surface area (Å²) in [5.41, 5.74) is 8.75. The zero-order valence-corrected chi connectivity index (χ0v) is 22.6. The van der Waals surface area contributed by atoms with Crippen molar-refractivity contribution in [2.75, 3.05) is 23.9 Å². The number of anilines is 2. The molecule has 10 heteroatoms. The van der Waals surface area contributed by atoms with Crippen LogP contribution in [0, 0.1) is 0 Å². The van der Waals surface area contributed by atoms with Crippen LogP contribution < -0.4 is 10.9 Å². The third-order valence-electron chi connectivity index (χ3n) is 4.43. The summed E-state index contributed by atoms with van der Waals surface area (Å²) in [6.07, 6.45) is 0. The minimum Gasteiger partial charge on any atom is -0.293 e. The zero-order valence-electron chi connectivity index (χ0n) is 19.4. The number of nitrogens with one attached hydrogen (secondary N) is 2. The smallest absolute Gasteiger partial charge is 0.181 e. The van der Waals surface area contributed by atoms with Crippen LogP contribution in [0.4, 0.5) is 11.4 Å². The first kappa shape index (κ1) is 27.3. The first-order chi connectivity index (χ1) is 16.2. The molecule has 34 heavy (non-hydrogen) atoms. The van der Waals surface area contributed by atoms with Gasteiger partial charge in [0.05, 0.1) is 35.9 Å². The molecule has 2 rings (SSSR count). The van der Waals surface area contributed by atoms with Crippen LogP contribution in [0.1, 0.15) is 27.7 Å². The van der Waals surface area contributed by atoms with Gasteiger partial charge in [0.15, 0.2) is 11.6 Å². The monoisotopic (exact) mass is 588 g/mol. The Morgan fingerprint density at radius 3 is 1.26 bits per heavy atom. The Morgan fingerprint density at radius 2 is 0.971 bits per heavy atom. The van der Waals surface area contributed by atoms with Gasteiger partial charge >= 0.3 is 0 Å². The number of benzene rings is 2. The molecule has 178 valence electrons. The SMILES string of the molecule is CC(=O)/C(=N/Nc1ccc(Br)cc1)C(C)=NCCN=C(C)/C(=N\Nc1ccc(Br)cc1)C(C)=O. The fourth-order valence-electron chi connectivity index (χ4n) is 2.70. The Kier molecular flexibility index (Phi) is 11.0. The average molecular weight is 590 g/mol. The minimum atomic E-state index is -0.199. The normalized spacial score (nSPS) is 13.0. The molecular weight excluding hydrogens is 564 g/mol. The highest BCUT2D eigenvalue weighted by Crippen LogP contribution is 2.15. The van der Waals surface area contributed by atoms with Crippen molar-refractivity contribution in [1.29, 1.82) is 0 Å². The molecule has 0 aliphatic heterocycles. The molecule has 0 radical (unpaired) electrons. The Hall–Kier alpha value is -2.98. The number of Topliss-reactive ketones (excluding diaryl/α,β-unsaturated/α-hetero) is 2. The summed E-state index contributed by atoms with van der Waals surface area (Å²) < 4.78 is 1.90. The number of hydrogen-bond acceptors (Lipinski definition) is 8. The number of nitrogens with zero attached hydrogens (tertiary/aromatic N) is 4. The Labute approximate surface area is 216 Å². The fraction of sp³-hybridized carbons (Fsp3) is 0.250. The second kappa shape index (κ2) is 13.7. The van der Waals surface area contributed by atoms with E-state index < -0.39 is 0 Å². The van der Waals surface area contributed by atoms with Crippen LogP contribution in [0.25, 0.3) is 0 Å². The van der Waals surface area contributed by atoms with Gasteiger partial charge in [-0.05, 0) is 62.4 Å². The van der Waals surface area contributed by atoms with Gasteiger partial charge in [0.2, 0.25) is 0 Å². The van der Waals surface area contributed by atoms with Crippen LogP contribution in [0.5, 0.6) is 0 Å². The van der Waals surface area contributed by atoms with E-state index in [1.807, 2.05) is 48.5 Å². The van der Waals surface area contributed by atoms with Crippen molar-refractivity contribution in [3.8, 4) is 0 Å². The van der Waals surface area contributed by atoms with Gasteiger partial charge in [-0.2, -0.15) is 10.2 Å². The van der Waals surface area contributed by atoms with Crippen molar-refractivity contribution in [3.05, 3.63) is 57.5 Å². The van der Waals surface area contributed by atoms with Crippen LogP contribution in [0.15, 0.2) is 77.7 Å². The van der Waals surface area contributed by atoms with E-state index in [4.69, 9.17) is 0 Å². The van der Waals surface area contributed by atoms with E-state index in [1.54, 1.807) is 13.8 Å². The Morgan fingerprint density at radius 1 is 0.647 bits per heavy atom. The van der Waals surface area contributed by atoms with Gasteiger partial charge in [-0.3, -0.25) is 30.4 Å². The summed E-state index contributed by atoms with van der Waals surface area (Å²) in [6.45, 7) is 7.00. The molecule has 0 heterocycles. The van der Waals surface area contributed by atoms with Gasteiger partial charge < -0.3 is 0 Å². The molecule has 0 saturated heterocycles. The van der Waals surface area contributed by atoms with Crippen molar-refractivity contribution in [2.45, 2.75) is 27.7 Å². The van der Waals surface area contributed by atoms with Crippen LogP contribution >= 0.6 is 31.9 Å². The maximum Gasteiger partial charge on any atom is 0.181 e. The Bertz CT molecular complexity index is 1050. The van der Waals surface area contributed by atoms with E-state index in [9.17, 15) is 9.59 Å². The molecule has 0 amide bonds. The molecule has 0 unspecified atom stereocenters. The molecule has 8 nitrogen and oxygen atoms in total. The lowest BCUT2D eigenvalue weighted by atomic mass is 10.2. The van der Waals surface area contributed by atoms with Crippen LogP contribution in [0.2, 0.25) is 0 Å². The number of hydrogen-bond donors (Lipinski definition) is 2. The highest BCUT2D eigenvalue weighted by atomic mass is 79.9. The molecule has 2 N–H and O–H groups in total. The molecule has 0 aliphatic rings. The number of halogens is 2. The highest BCUT2D eigenvalue weighted by molar-refractivity contribution is 9.10. The molecule has 0 aromatic heterocycles. The fourth-order valence-corrected chi connectivity index (χ4v) is 3.23. The summed E-state index contributed by atoms with van der Waals surface area (Å²) in [5.74, 6) is -0.397. The third-order valence-corrected chi connectivity index (χ3v) is 5.49. The number of aliphatic imine (C=N–C) groups is 2. The standard InChI is InChI=1S/C24H26Br2N6O2/c1-15(23(17(3)33)31-29-21-9-5-19(25)6-10-21)27-13-14-28-16(2)24(18(4)34)32-30-22-11-7-20(26)8-12-22/h5-12,29-30H,13-14H2,1-4H3/b27-15?,28-16?,31-23+,32-24+. The topological polar surface area (TPSA) is 108 Å².